The van der Waals surface area contributed by atoms with Gasteiger partial charge >= 0.3 is 12.1 Å². The molecule has 8 nitrogen and oxygen atoms in total. The summed E-state index contributed by atoms with van der Waals surface area (Å²) < 4.78 is 9.55. The smallest absolute Gasteiger partial charge is 0.407 e. The van der Waals surface area contributed by atoms with Crippen molar-refractivity contribution in [2.75, 3.05) is 11.9 Å². The minimum atomic E-state index is -1.15. The summed E-state index contributed by atoms with van der Waals surface area (Å²) in [6, 6.07) is 15.7. The van der Waals surface area contributed by atoms with E-state index in [1.54, 1.807) is 6.92 Å². The van der Waals surface area contributed by atoms with Crippen molar-refractivity contribution < 1.29 is 24.2 Å². The second-order valence-corrected chi connectivity index (χ2v) is 8.88. The molecule has 0 aliphatic heterocycles. The normalized spacial score (nSPS) is 13.0. The van der Waals surface area contributed by atoms with Gasteiger partial charge in [-0.2, -0.15) is 4.37 Å². The summed E-state index contributed by atoms with van der Waals surface area (Å²) in [7, 11) is 0. The monoisotopic (exact) mass is 479 g/mol. The number of aryl methyl sites for hydroxylation is 1. The van der Waals surface area contributed by atoms with Crippen LogP contribution in [0.25, 0.3) is 11.1 Å². The molecule has 1 atom stereocenters. The molecule has 1 heterocycles. The van der Waals surface area contributed by atoms with Gasteiger partial charge in [0.15, 0.2) is 0 Å². The molecule has 1 unspecified atom stereocenters. The Morgan fingerprint density at radius 2 is 1.71 bits per heavy atom. The number of carboxylic acids is 1. The minimum Gasteiger partial charge on any atom is -0.478 e. The molecule has 1 aliphatic rings. The fourth-order valence-corrected chi connectivity index (χ4v) is 5.02. The standard InChI is InChI=1S/C25H25N3O5S/c1-3-15(12-21(29)27-23-22(24(30)31)14(2)28-34-23)26-25(32)33-13-20-18-10-6-4-8-16(18)17-9-5-7-11-19(17)20/h4-11,15,20H,3,12-13H2,1-2H3,(H,26,32)(H,27,29)(H,30,31). The molecule has 176 valence electrons. The third-order valence-electron chi connectivity index (χ3n) is 5.92. The molecule has 0 fully saturated rings. The first kappa shape index (κ1) is 23.4. The zero-order chi connectivity index (χ0) is 24.2. The number of aromatic carboxylic acids is 1. The lowest BCUT2D eigenvalue weighted by Crippen LogP contribution is -2.38. The van der Waals surface area contributed by atoms with Gasteiger partial charge in [0.2, 0.25) is 5.91 Å². The van der Waals surface area contributed by atoms with Crippen molar-refractivity contribution in [2.24, 2.45) is 0 Å². The molecule has 3 N–H and O–H groups in total. The van der Waals surface area contributed by atoms with E-state index in [2.05, 4.69) is 27.1 Å². The summed E-state index contributed by atoms with van der Waals surface area (Å²) in [6.45, 7) is 3.61. The number of alkyl carbamates (subject to hydrolysis) is 1. The molecule has 9 heteroatoms. The van der Waals surface area contributed by atoms with Gasteiger partial charge in [0.05, 0.1) is 5.69 Å². The molecule has 0 radical (unpaired) electrons. The summed E-state index contributed by atoms with van der Waals surface area (Å²) in [5.41, 5.74) is 4.87. The van der Waals surface area contributed by atoms with Crippen LogP contribution in [0.3, 0.4) is 0 Å². The highest BCUT2D eigenvalue weighted by Crippen LogP contribution is 2.44. The second-order valence-electron chi connectivity index (χ2n) is 8.10. The van der Waals surface area contributed by atoms with Crippen LogP contribution < -0.4 is 10.6 Å². The van der Waals surface area contributed by atoms with E-state index in [0.29, 0.717) is 12.1 Å². The Hall–Kier alpha value is -3.72. The molecular formula is C25H25N3O5S. The number of carboxylic acid groups (broad SMARTS) is 1. The maximum absolute atomic E-state index is 12.5. The van der Waals surface area contributed by atoms with E-state index >= 15 is 0 Å². The molecule has 0 bridgehead atoms. The van der Waals surface area contributed by atoms with Crippen molar-refractivity contribution in [1.29, 1.82) is 0 Å². The molecule has 1 aliphatic carbocycles. The number of nitrogens with zero attached hydrogens (tertiary/aromatic N) is 1. The number of hydrogen-bond acceptors (Lipinski definition) is 6. The van der Waals surface area contributed by atoms with Crippen LogP contribution in [0.4, 0.5) is 9.80 Å². The van der Waals surface area contributed by atoms with E-state index < -0.39 is 24.0 Å². The predicted molar refractivity (Wildman–Crippen MR) is 129 cm³/mol. The van der Waals surface area contributed by atoms with Gasteiger partial charge in [-0.05, 0) is 47.1 Å². The van der Waals surface area contributed by atoms with Crippen molar-refractivity contribution in [3.05, 3.63) is 70.9 Å². The summed E-state index contributed by atoms with van der Waals surface area (Å²) >= 11 is 0.918. The number of nitrogens with one attached hydrogen (secondary N) is 2. The van der Waals surface area contributed by atoms with E-state index in [-0.39, 0.29) is 29.5 Å². The van der Waals surface area contributed by atoms with E-state index in [1.807, 2.05) is 43.3 Å². The van der Waals surface area contributed by atoms with Gasteiger partial charge in [0, 0.05) is 18.4 Å². The molecule has 2 aromatic carbocycles. The van der Waals surface area contributed by atoms with E-state index in [9.17, 15) is 19.5 Å². The molecule has 0 saturated heterocycles. The number of rotatable bonds is 8. The first-order chi connectivity index (χ1) is 16.4. The van der Waals surface area contributed by atoms with Crippen LogP contribution in [0.5, 0.6) is 0 Å². The van der Waals surface area contributed by atoms with Crippen LogP contribution >= 0.6 is 11.5 Å². The summed E-state index contributed by atoms with van der Waals surface area (Å²) in [5, 5.41) is 14.8. The summed E-state index contributed by atoms with van der Waals surface area (Å²) in [5.74, 6) is -1.60. The minimum absolute atomic E-state index is 0.0172. The number of carbonyl (C=O) groups excluding carboxylic acids is 2. The van der Waals surface area contributed by atoms with Gasteiger partial charge in [0.25, 0.3) is 0 Å². The van der Waals surface area contributed by atoms with Crippen molar-refractivity contribution in [2.45, 2.75) is 38.6 Å². The lowest BCUT2D eigenvalue weighted by molar-refractivity contribution is -0.116. The number of ether oxygens (including phenoxy) is 1. The van der Waals surface area contributed by atoms with Crippen molar-refractivity contribution in [3.63, 3.8) is 0 Å². The van der Waals surface area contributed by atoms with Crippen LogP contribution in [0, 0.1) is 6.92 Å². The summed E-state index contributed by atoms with van der Waals surface area (Å²) in [6.07, 6.45) is -0.108. The quantitative estimate of drug-likeness (QED) is 0.427. The van der Waals surface area contributed by atoms with Gasteiger partial charge < -0.3 is 20.5 Å². The van der Waals surface area contributed by atoms with Crippen LogP contribution in [0.1, 0.15) is 52.9 Å². The predicted octanol–water partition coefficient (Wildman–Crippen LogP) is 4.80. The Morgan fingerprint density at radius 3 is 2.29 bits per heavy atom. The van der Waals surface area contributed by atoms with Crippen LogP contribution in [0.15, 0.2) is 48.5 Å². The number of fused-ring (bicyclic) bond motifs is 3. The fraction of sp³-hybridized carbons (Fsp3) is 0.280. The van der Waals surface area contributed by atoms with E-state index in [4.69, 9.17) is 4.74 Å². The highest BCUT2D eigenvalue weighted by atomic mass is 32.1. The zero-order valence-electron chi connectivity index (χ0n) is 18.8. The van der Waals surface area contributed by atoms with Gasteiger partial charge in [-0.3, -0.25) is 4.79 Å². The van der Waals surface area contributed by atoms with E-state index in [0.717, 1.165) is 33.8 Å². The molecule has 0 spiro atoms. The Kier molecular flexibility index (Phi) is 6.93. The summed E-state index contributed by atoms with van der Waals surface area (Å²) in [4.78, 5) is 36.4. The number of carbonyl (C=O) groups is 3. The SMILES string of the molecule is CCC(CC(=O)Nc1snc(C)c1C(=O)O)NC(=O)OCC1c2ccccc2-c2ccccc21. The van der Waals surface area contributed by atoms with Crippen molar-refractivity contribution in [3.8, 4) is 11.1 Å². The van der Waals surface area contributed by atoms with Gasteiger partial charge in [-0.15, -0.1) is 0 Å². The van der Waals surface area contributed by atoms with Crippen LogP contribution in [-0.2, 0) is 9.53 Å². The first-order valence-electron chi connectivity index (χ1n) is 11.0. The average Bonchev–Trinajstić information content (AvgIpc) is 3.34. The van der Waals surface area contributed by atoms with Crippen LogP contribution in [-0.4, -0.2) is 40.1 Å². The zero-order valence-corrected chi connectivity index (χ0v) is 19.6. The highest BCUT2D eigenvalue weighted by molar-refractivity contribution is 7.11. The maximum atomic E-state index is 12.5. The van der Waals surface area contributed by atoms with E-state index in [1.165, 1.54) is 0 Å². The Bertz CT molecular complexity index is 1190. The molecule has 34 heavy (non-hydrogen) atoms. The molecule has 3 aromatic rings. The first-order valence-corrected chi connectivity index (χ1v) is 11.8. The Labute approximate surface area is 201 Å². The third kappa shape index (κ3) is 4.79. The second kappa shape index (κ2) is 10.0. The Balaban J connectivity index is 1.34. The highest BCUT2D eigenvalue weighted by Gasteiger charge is 2.29. The van der Waals surface area contributed by atoms with Gasteiger partial charge in [0.1, 0.15) is 17.2 Å². The molecular weight excluding hydrogens is 454 g/mol. The molecule has 1 aromatic heterocycles. The Morgan fingerprint density at radius 1 is 1.09 bits per heavy atom. The number of aromatic nitrogens is 1. The fourth-order valence-electron chi connectivity index (χ4n) is 4.21. The lowest BCUT2D eigenvalue weighted by atomic mass is 9.98. The molecule has 4 rings (SSSR count). The lowest BCUT2D eigenvalue weighted by Gasteiger charge is -2.18. The number of anilines is 1. The molecule has 0 saturated carbocycles. The van der Waals surface area contributed by atoms with Gasteiger partial charge in [-0.25, -0.2) is 9.59 Å². The maximum Gasteiger partial charge on any atom is 0.407 e. The molecule has 2 amide bonds. The largest absolute Gasteiger partial charge is 0.478 e. The van der Waals surface area contributed by atoms with Gasteiger partial charge in [-0.1, -0.05) is 55.5 Å². The number of benzene rings is 2. The van der Waals surface area contributed by atoms with Crippen molar-refractivity contribution >= 4 is 34.5 Å². The van der Waals surface area contributed by atoms with Crippen LogP contribution in [0.2, 0.25) is 0 Å². The van der Waals surface area contributed by atoms with Crippen molar-refractivity contribution in [1.82, 2.24) is 9.69 Å². The number of hydrogen-bond donors (Lipinski definition) is 3. The third-order valence-corrected chi connectivity index (χ3v) is 6.77. The topological polar surface area (TPSA) is 118 Å². The average molecular weight is 480 g/mol. The number of amides is 2.